The maximum atomic E-state index is 13.2. The highest BCUT2D eigenvalue weighted by molar-refractivity contribution is 6.12. The minimum absolute atomic E-state index is 0.0415. The molecule has 0 unspecified atom stereocenters. The summed E-state index contributed by atoms with van der Waals surface area (Å²) in [6.45, 7) is 7.38. The highest BCUT2D eigenvalue weighted by atomic mass is 16.6. The molecule has 2 aromatic carbocycles. The average Bonchev–Trinajstić information content (AvgIpc) is 3.15. The second kappa shape index (κ2) is 9.21. The molecule has 10 nitrogen and oxygen atoms in total. The molecule has 4 aromatic rings. The summed E-state index contributed by atoms with van der Waals surface area (Å²) < 4.78 is 1.93. The van der Waals surface area contributed by atoms with Crippen LogP contribution in [0, 0.1) is 10.1 Å². The number of H-pyrrole nitrogens is 1. The standard InChI is InChI=1S/C23H24N6O4/c1-3-27(4-2)11-12-28-20-8-6-5-7-19(20)25-23(28)26-22(31)17-14-21(30)24-18-10-9-15(29(32)33)13-16(17)18/h5-10,13-14H,3-4,11-12H2,1-2H3,(H,24,30)(H,25,26,31). The third-order valence-electron chi connectivity index (χ3n) is 5.70. The van der Waals surface area contributed by atoms with E-state index in [1.54, 1.807) is 0 Å². The Morgan fingerprint density at radius 2 is 1.94 bits per heavy atom. The number of fused-ring (bicyclic) bond motifs is 2. The molecule has 0 radical (unpaired) electrons. The van der Waals surface area contributed by atoms with E-state index in [2.05, 4.69) is 34.0 Å². The molecule has 0 fully saturated rings. The predicted octanol–water partition coefficient (Wildman–Crippen LogP) is 3.38. The minimum atomic E-state index is -0.564. The van der Waals surface area contributed by atoms with E-state index in [4.69, 9.17) is 0 Å². The van der Waals surface area contributed by atoms with Crippen LogP contribution in [0.1, 0.15) is 24.2 Å². The Hall–Kier alpha value is -4.05. The van der Waals surface area contributed by atoms with Crippen molar-refractivity contribution in [3.63, 3.8) is 0 Å². The molecular formula is C23H24N6O4. The molecule has 0 bridgehead atoms. The van der Waals surface area contributed by atoms with E-state index in [0.29, 0.717) is 18.0 Å². The van der Waals surface area contributed by atoms with Crippen LogP contribution in [0.3, 0.4) is 0 Å². The third-order valence-corrected chi connectivity index (χ3v) is 5.70. The zero-order valence-electron chi connectivity index (χ0n) is 18.4. The molecule has 0 aliphatic rings. The van der Waals surface area contributed by atoms with Crippen molar-refractivity contribution in [1.82, 2.24) is 19.4 Å². The molecular weight excluding hydrogens is 424 g/mol. The van der Waals surface area contributed by atoms with Gasteiger partial charge in [-0.15, -0.1) is 0 Å². The summed E-state index contributed by atoms with van der Waals surface area (Å²) in [5.74, 6) is -0.210. The summed E-state index contributed by atoms with van der Waals surface area (Å²) in [7, 11) is 0. The topological polar surface area (TPSA) is 126 Å². The number of nitro groups is 1. The summed E-state index contributed by atoms with van der Waals surface area (Å²) in [5, 5.41) is 14.3. The number of pyridine rings is 1. The number of para-hydroxylation sites is 2. The molecule has 0 saturated carbocycles. The number of aromatic amines is 1. The van der Waals surface area contributed by atoms with E-state index >= 15 is 0 Å². The van der Waals surface area contributed by atoms with Gasteiger partial charge in [-0.3, -0.25) is 25.0 Å². The number of amides is 1. The lowest BCUT2D eigenvalue weighted by Gasteiger charge is -2.19. The van der Waals surface area contributed by atoms with E-state index in [-0.39, 0.29) is 16.6 Å². The molecule has 33 heavy (non-hydrogen) atoms. The Balaban J connectivity index is 1.74. The van der Waals surface area contributed by atoms with Gasteiger partial charge in [-0.1, -0.05) is 26.0 Å². The van der Waals surface area contributed by atoms with Crippen LogP contribution in [0.4, 0.5) is 11.6 Å². The molecule has 0 spiro atoms. The van der Waals surface area contributed by atoms with E-state index in [1.165, 1.54) is 18.2 Å². The lowest BCUT2D eigenvalue weighted by atomic mass is 10.1. The quantitative estimate of drug-likeness (QED) is 0.314. The van der Waals surface area contributed by atoms with Crippen LogP contribution >= 0.6 is 0 Å². The molecule has 0 aliphatic heterocycles. The van der Waals surface area contributed by atoms with Gasteiger partial charge in [0.25, 0.3) is 11.6 Å². The number of imidazole rings is 1. The molecule has 1 amide bonds. The molecule has 2 N–H and O–H groups in total. The van der Waals surface area contributed by atoms with Crippen molar-refractivity contribution in [2.75, 3.05) is 25.0 Å². The number of carbonyl (C=O) groups excluding carboxylic acids is 1. The number of benzene rings is 2. The molecule has 2 aromatic heterocycles. The molecule has 0 atom stereocenters. The van der Waals surface area contributed by atoms with E-state index in [9.17, 15) is 19.7 Å². The van der Waals surface area contributed by atoms with Crippen LogP contribution in [0.15, 0.2) is 53.3 Å². The smallest absolute Gasteiger partial charge is 0.270 e. The van der Waals surface area contributed by atoms with Gasteiger partial charge < -0.3 is 14.5 Å². The maximum absolute atomic E-state index is 13.2. The lowest BCUT2D eigenvalue weighted by molar-refractivity contribution is -0.384. The number of anilines is 1. The third kappa shape index (κ3) is 4.46. The van der Waals surface area contributed by atoms with Crippen molar-refractivity contribution >= 4 is 39.5 Å². The molecule has 0 aliphatic carbocycles. The van der Waals surface area contributed by atoms with Gasteiger partial charge in [0.15, 0.2) is 0 Å². The average molecular weight is 448 g/mol. The maximum Gasteiger partial charge on any atom is 0.270 e. The minimum Gasteiger partial charge on any atom is -0.322 e. The Labute approximate surface area is 189 Å². The van der Waals surface area contributed by atoms with E-state index in [0.717, 1.165) is 36.7 Å². The van der Waals surface area contributed by atoms with Gasteiger partial charge >= 0.3 is 0 Å². The summed E-state index contributed by atoms with van der Waals surface area (Å²) in [4.78, 5) is 45.5. The largest absolute Gasteiger partial charge is 0.322 e. The van der Waals surface area contributed by atoms with Crippen molar-refractivity contribution in [3.8, 4) is 0 Å². The number of carbonyl (C=O) groups is 1. The number of nitrogens with zero attached hydrogens (tertiary/aromatic N) is 4. The van der Waals surface area contributed by atoms with Gasteiger partial charge in [-0.25, -0.2) is 4.98 Å². The van der Waals surface area contributed by atoms with Crippen LogP contribution in [-0.2, 0) is 6.54 Å². The number of rotatable bonds is 8. The van der Waals surface area contributed by atoms with Crippen LogP contribution in [0.5, 0.6) is 0 Å². The van der Waals surface area contributed by atoms with Gasteiger partial charge in [0.1, 0.15) is 0 Å². The van der Waals surface area contributed by atoms with Crippen LogP contribution in [0.2, 0.25) is 0 Å². The molecule has 10 heteroatoms. The van der Waals surface area contributed by atoms with Crippen molar-refractivity contribution in [2.24, 2.45) is 0 Å². The first-order valence-electron chi connectivity index (χ1n) is 10.7. The fourth-order valence-corrected chi connectivity index (χ4v) is 3.89. The summed E-state index contributed by atoms with van der Waals surface area (Å²) in [6, 6.07) is 12.7. The van der Waals surface area contributed by atoms with Crippen LogP contribution in [0.25, 0.3) is 21.9 Å². The van der Waals surface area contributed by atoms with Crippen molar-refractivity contribution in [3.05, 3.63) is 74.6 Å². The predicted molar refractivity (Wildman–Crippen MR) is 127 cm³/mol. The van der Waals surface area contributed by atoms with Gasteiger partial charge in [0, 0.05) is 42.2 Å². The zero-order chi connectivity index (χ0) is 23.5. The molecule has 0 saturated heterocycles. The summed E-state index contributed by atoms with van der Waals surface area (Å²) in [6.07, 6.45) is 0. The first kappa shape index (κ1) is 22.2. The second-order valence-electron chi connectivity index (χ2n) is 7.59. The Kier molecular flexibility index (Phi) is 6.18. The Morgan fingerprint density at radius 1 is 1.18 bits per heavy atom. The SMILES string of the molecule is CCN(CC)CCn1c(NC(=O)c2cc(=O)[nH]c3ccc([N+](=O)[O-])cc23)nc2ccccc21. The number of hydrogen-bond donors (Lipinski definition) is 2. The molecule has 2 heterocycles. The highest BCUT2D eigenvalue weighted by Crippen LogP contribution is 2.24. The number of nitro benzene ring substituents is 1. The first-order valence-corrected chi connectivity index (χ1v) is 10.7. The molecule has 4 rings (SSSR count). The number of nitrogens with one attached hydrogen (secondary N) is 2. The number of hydrogen-bond acceptors (Lipinski definition) is 6. The highest BCUT2D eigenvalue weighted by Gasteiger charge is 2.19. The van der Waals surface area contributed by atoms with Crippen molar-refractivity contribution in [1.29, 1.82) is 0 Å². The van der Waals surface area contributed by atoms with Crippen molar-refractivity contribution in [2.45, 2.75) is 20.4 Å². The fourth-order valence-electron chi connectivity index (χ4n) is 3.89. The number of likely N-dealkylation sites (N-methyl/N-ethyl adjacent to an activating group) is 1. The summed E-state index contributed by atoms with van der Waals surface area (Å²) >= 11 is 0. The van der Waals surface area contributed by atoms with Gasteiger partial charge in [-0.05, 0) is 31.3 Å². The van der Waals surface area contributed by atoms with E-state index < -0.39 is 16.4 Å². The summed E-state index contributed by atoms with van der Waals surface area (Å²) in [5.41, 5.74) is 1.35. The zero-order valence-corrected chi connectivity index (χ0v) is 18.4. The van der Waals surface area contributed by atoms with Gasteiger partial charge in [-0.2, -0.15) is 0 Å². The van der Waals surface area contributed by atoms with Gasteiger partial charge in [0.2, 0.25) is 11.5 Å². The fraction of sp³-hybridized carbons (Fsp3) is 0.261. The monoisotopic (exact) mass is 448 g/mol. The number of non-ortho nitro benzene ring substituents is 1. The van der Waals surface area contributed by atoms with Crippen LogP contribution in [-0.4, -0.2) is 49.9 Å². The van der Waals surface area contributed by atoms with Crippen LogP contribution < -0.4 is 10.9 Å². The lowest BCUT2D eigenvalue weighted by Crippen LogP contribution is -2.28. The first-order chi connectivity index (χ1) is 15.9. The Bertz CT molecular complexity index is 1400. The van der Waals surface area contributed by atoms with Crippen molar-refractivity contribution < 1.29 is 9.72 Å². The molecule has 170 valence electrons. The van der Waals surface area contributed by atoms with Gasteiger partial charge in [0.05, 0.1) is 21.5 Å². The van der Waals surface area contributed by atoms with E-state index in [1.807, 2.05) is 28.8 Å². The number of aromatic nitrogens is 3. The second-order valence-corrected chi connectivity index (χ2v) is 7.59. The Morgan fingerprint density at radius 3 is 2.67 bits per heavy atom. The normalized spacial score (nSPS) is 11.4.